The third-order valence-corrected chi connectivity index (χ3v) is 2.40. The molecule has 0 aromatic heterocycles. The zero-order valence-electron chi connectivity index (χ0n) is 8.35. The van der Waals surface area contributed by atoms with Crippen LogP contribution in [0.25, 0.3) is 0 Å². The first kappa shape index (κ1) is 9.59. The second kappa shape index (κ2) is 3.09. The van der Waals surface area contributed by atoms with Crippen molar-refractivity contribution < 1.29 is 0 Å². The highest BCUT2D eigenvalue weighted by molar-refractivity contribution is 5.11. The fourth-order valence-electron chi connectivity index (χ4n) is 2.00. The predicted octanol–water partition coefficient (Wildman–Crippen LogP) is 1.63. The van der Waals surface area contributed by atoms with Crippen LogP contribution in [-0.4, -0.2) is 11.6 Å². The van der Waals surface area contributed by atoms with Crippen molar-refractivity contribution in [2.24, 2.45) is 11.7 Å². The van der Waals surface area contributed by atoms with Crippen molar-refractivity contribution in [1.82, 2.24) is 5.32 Å². The molecule has 0 spiro atoms. The summed E-state index contributed by atoms with van der Waals surface area (Å²) in [5.41, 5.74) is 7.14. The minimum atomic E-state index is 0.219. The summed E-state index contributed by atoms with van der Waals surface area (Å²) >= 11 is 0. The number of rotatable bonds is 2. The number of nitrogens with one attached hydrogen (secondary N) is 1. The molecule has 0 amide bonds. The van der Waals surface area contributed by atoms with Gasteiger partial charge in [-0.3, -0.25) is 0 Å². The lowest BCUT2D eigenvalue weighted by atomic mass is 9.91. The van der Waals surface area contributed by atoms with Gasteiger partial charge in [-0.1, -0.05) is 6.58 Å². The molecular formula is C10H20N2. The molecule has 2 atom stereocenters. The zero-order valence-corrected chi connectivity index (χ0v) is 8.35. The maximum absolute atomic E-state index is 5.75. The maximum atomic E-state index is 5.75. The SMILES string of the molecule is C=C1NC(C)(C)CC1CC(C)N. The quantitative estimate of drug-likeness (QED) is 0.657. The minimum absolute atomic E-state index is 0.219. The van der Waals surface area contributed by atoms with E-state index in [1.165, 1.54) is 0 Å². The van der Waals surface area contributed by atoms with Crippen LogP contribution in [0.3, 0.4) is 0 Å². The van der Waals surface area contributed by atoms with Crippen molar-refractivity contribution >= 4 is 0 Å². The van der Waals surface area contributed by atoms with E-state index in [9.17, 15) is 0 Å². The third kappa shape index (κ3) is 2.24. The van der Waals surface area contributed by atoms with E-state index in [0.717, 1.165) is 18.5 Å². The van der Waals surface area contributed by atoms with Crippen LogP contribution < -0.4 is 11.1 Å². The summed E-state index contributed by atoms with van der Waals surface area (Å²) in [5, 5.41) is 3.40. The van der Waals surface area contributed by atoms with E-state index in [2.05, 4.69) is 32.7 Å². The molecule has 0 bridgehead atoms. The van der Waals surface area contributed by atoms with Gasteiger partial charge in [0.1, 0.15) is 0 Å². The van der Waals surface area contributed by atoms with Crippen LogP contribution in [0, 0.1) is 5.92 Å². The van der Waals surface area contributed by atoms with Gasteiger partial charge in [0.05, 0.1) is 0 Å². The Labute approximate surface area is 75.2 Å². The van der Waals surface area contributed by atoms with Crippen molar-refractivity contribution in [3.05, 3.63) is 12.3 Å². The predicted molar refractivity (Wildman–Crippen MR) is 52.7 cm³/mol. The normalized spacial score (nSPS) is 30.0. The van der Waals surface area contributed by atoms with Gasteiger partial charge in [0.25, 0.3) is 0 Å². The number of hydrogen-bond donors (Lipinski definition) is 2. The molecule has 12 heavy (non-hydrogen) atoms. The van der Waals surface area contributed by atoms with Crippen molar-refractivity contribution in [3.8, 4) is 0 Å². The Morgan fingerprint density at radius 1 is 1.75 bits per heavy atom. The molecule has 1 rings (SSSR count). The molecular weight excluding hydrogens is 148 g/mol. The van der Waals surface area contributed by atoms with E-state index < -0.39 is 0 Å². The van der Waals surface area contributed by atoms with E-state index in [0.29, 0.717) is 5.92 Å². The van der Waals surface area contributed by atoms with E-state index in [-0.39, 0.29) is 11.6 Å². The molecule has 1 aliphatic heterocycles. The lowest BCUT2D eigenvalue weighted by Crippen LogP contribution is -2.30. The molecule has 1 heterocycles. The van der Waals surface area contributed by atoms with Gasteiger partial charge in [0.2, 0.25) is 0 Å². The van der Waals surface area contributed by atoms with Gasteiger partial charge in [-0.15, -0.1) is 0 Å². The van der Waals surface area contributed by atoms with Crippen LogP contribution in [-0.2, 0) is 0 Å². The Morgan fingerprint density at radius 2 is 2.33 bits per heavy atom. The maximum Gasteiger partial charge on any atom is 0.0320 e. The van der Waals surface area contributed by atoms with Gasteiger partial charge in [-0.2, -0.15) is 0 Å². The molecule has 2 unspecified atom stereocenters. The van der Waals surface area contributed by atoms with Gasteiger partial charge in [0.15, 0.2) is 0 Å². The van der Waals surface area contributed by atoms with Crippen LogP contribution in [0.4, 0.5) is 0 Å². The standard InChI is InChI=1S/C10H20N2/c1-7(11)5-9-6-10(3,4)12-8(9)2/h7,9,12H,2,5-6,11H2,1,3-4H3. The van der Waals surface area contributed by atoms with Crippen LogP contribution in [0.2, 0.25) is 0 Å². The van der Waals surface area contributed by atoms with E-state index in [4.69, 9.17) is 5.73 Å². The van der Waals surface area contributed by atoms with E-state index in [1.54, 1.807) is 0 Å². The van der Waals surface area contributed by atoms with Crippen molar-refractivity contribution in [1.29, 1.82) is 0 Å². The molecule has 1 aliphatic rings. The van der Waals surface area contributed by atoms with Crippen LogP contribution in [0.5, 0.6) is 0 Å². The Morgan fingerprint density at radius 3 is 2.67 bits per heavy atom. The largest absolute Gasteiger partial charge is 0.384 e. The summed E-state index contributed by atoms with van der Waals surface area (Å²) in [6.45, 7) is 10.5. The van der Waals surface area contributed by atoms with Gasteiger partial charge >= 0.3 is 0 Å². The highest BCUT2D eigenvalue weighted by Crippen LogP contribution is 2.32. The van der Waals surface area contributed by atoms with Crippen LogP contribution >= 0.6 is 0 Å². The molecule has 2 nitrogen and oxygen atoms in total. The lowest BCUT2D eigenvalue weighted by Gasteiger charge is -2.17. The summed E-state index contributed by atoms with van der Waals surface area (Å²) < 4.78 is 0. The van der Waals surface area contributed by atoms with Gasteiger partial charge in [-0.05, 0) is 33.6 Å². The van der Waals surface area contributed by atoms with Crippen molar-refractivity contribution in [2.75, 3.05) is 0 Å². The molecule has 2 heteroatoms. The summed E-state index contributed by atoms with van der Waals surface area (Å²) in [6, 6.07) is 0.280. The fraction of sp³-hybridized carbons (Fsp3) is 0.800. The molecule has 0 radical (unpaired) electrons. The third-order valence-electron chi connectivity index (χ3n) is 2.40. The Balaban J connectivity index is 2.53. The second-order valence-corrected chi connectivity index (χ2v) is 4.65. The monoisotopic (exact) mass is 168 g/mol. The first-order chi connectivity index (χ1) is 5.41. The number of nitrogens with two attached hydrogens (primary N) is 1. The topological polar surface area (TPSA) is 38.0 Å². The zero-order chi connectivity index (χ0) is 9.35. The summed E-state index contributed by atoms with van der Waals surface area (Å²) in [6.07, 6.45) is 2.21. The smallest absolute Gasteiger partial charge is 0.0320 e. The average molecular weight is 168 g/mol. The highest BCUT2D eigenvalue weighted by atomic mass is 15.0. The fourth-order valence-corrected chi connectivity index (χ4v) is 2.00. The molecule has 70 valence electrons. The highest BCUT2D eigenvalue weighted by Gasteiger charge is 2.33. The van der Waals surface area contributed by atoms with Crippen molar-refractivity contribution in [3.63, 3.8) is 0 Å². The first-order valence-corrected chi connectivity index (χ1v) is 4.63. The van der Waals surface area contributed by atoms with E-state index in [1.807, 2.05) is 0 Å². The number of hydrogen-bond acceptors (Lipinski definition) is 2. The van der Waals surface area contributed by atoms with Gasteiger partial charge in [0, 0.05) is 23.2 Å². The van der Waals surface area contributed by atoms with E-state index >= 15 is 0 Å². The first-order valence-electron chi connectivity index (χ1n) is 4.63. The van der Waals surface area contributed by atoms with Crippen molar-refractivity contribution in [2.45, 2.75) is 45.2 Å². The van der Waals surface area contributed by atoms with Crippen LogP contribution in [0.1, 0.15) is 33.6 Å². The number of allylic oxidation sites excluding steroid dienone is 1. The lowest BCUT2D eigenvalue weighted by molar-refractivity contribution is 0.421. The Hall–Kier alpha value is -0.500. The molecule has 0 aromatic carbocycles. The van der Waals surface area contributed by atoms with Gasteiger partial charge < -0.3 is 11.1 Å². The average Bonchev–Trinajstić information content (AvgIpc) is 2.03. The van der Waals surface area contributed by atoms with Crippen LogP contribution in [0.15, 0.2) is 12.3 Å². The Bertz CT molecular complexity index is 182. The minimum Gasteiger partial charge on any atom is -0.384 e. The molecule has 1 fully saturated rings. The summed E-state index contributed by atoms with van der Waals surface area (Å²) in [5.74, 6) is 0.569. The molecule has 0 aromatic rings. The van der Waals surface area contributed by atoms with Gasteiger partial charge in [-0.25, -0.2) is 0 Å². The molecule has 3 N–H and O–H groups in total. The summed E-state index contributed by atoms with van der Waals surface area (Å²) in [4.78, 5) is 0. The molecule has 0 saturated carbocycles. The second-order valence-electron chi connectivity index (χ2n) is 4.65. The Kier molecular flexibility index (Phi) is 2.47. The molecule has 1 saturated heterocycles. The summed E-state index contributed by atoms with van der Waals surface area (Å²) in [7, 11) is 0. The molecule has 0 aliphatic carbocycles.